The molecule has 0 unspecified atom stereocenters. The van der Waals surface area contributed by atoms with Crippen LogP contribution in [0.4, 0.5) is 0 Å². The Balaban J connectivity index is 0. The summed E-state index contributed by atoms with van der Waals surface area (Å²) in [6.45, 7) is 15.5. The van der Waals surface area contributed by atoms with Crippen molar-refractivity contribution in [2.75, 3.05) is 6.61 Å². The van der Waals surface area contributed by atoms with Crippen LogP contribution in [-0.4, -0.2) is 6.61 Å². The van der Waals surface area contributed by atoms with E-state index in [1.165, 1.54) is 63.4 Å². The molecule has 0 amide bonds. The number of rotatable bonds is 4. The largest absolute Gasteiger partial charge is 0.494 e. The standard InChI is InChI=1S/C21H32O.C3H8.C2H4.H3N.V/c1-3-22-21-14-12-20(13-15-21)19-10-8-18(9-11-19)17-6-4-16(2)5-7-17;1-3-2;1-2;;/h12-19H,3-11H2,1-2H3;3H2,1-2H3;1-2H2;1H3;. The molecule has 0 aromatic heterocycles. The van der Waals surface area contributed by atoms with E-state index in [9.17, 15) is 0 Å². The molecule has 29 heavy (non-hydrogen) atoms. The number of hydrogen-bond acceptors (Lipinski definition) is 2. The van der Waals surface area contributed by atoms with Gasteiger partial charge in [0, 0.05) is 18.6 Å². The van der Waals surface area contributed by atoms with Crippen molar-refractivity contribution in [2.45, 2.75) is 91.4 Å². The van der Waals surface area contributed by atoms with Crippen LogP contribution in [0.1, 0.15) is 97.0 Å². The predicted octanol–water partition coefficient (Wildman–Crippen LogP) is 8.56. The topological polar surface area (TPSA) is 44.2 Å². The van der Waals surface area contributed by atoms with Crippen LogP contribution < -0.4 is 10.9 Å². The van der Waals surface area contributed by atoms with Crippen LogP contribution in [0.2, 0.25) is 0 Å². The van der Waals surface area contributed by atoms with Gasteiger partial charge in [-0.25, -0.2) is 0 Å². The summed E-state index contributed by atoms with van der Waals surface area (Å²) in [6, 6.07) is 8.87. The van der Waals surface area contributed by atoms with Crippen molar-refractivity contribution in [1.82, 2.24) is 6.15 Å². The SMILES string of the molecule is C=C.CCC.CCOc1ccc(C2CCC(C3CCC(C)CC3)CC2)cc1.N.[V]. The van der Waals surface area contributed by atoms with Crippen molar-refractivity contribution in [3.63, 3.8) is 0 Å². The van der Waals surface area contributed by atoms with Crippen LogP contribution in [0.3, 0.4) is 0 Å². The first kappa shape index (κ1) is 30.5. The Morgan fingerprint density at radius 2 is 1.21 bits per heavy atom. The van der Waals surface area contributed by atoms with Crippen molar-refractivity contribution in [1.29, 1.82) is 0 Å². The molecule has 167 valence electrons. The molecule has 1 aromatic rings. The van der Waals surface area contributed by atoms with Gasteiger partial charge < -0.3 is 10.9 Å². The van der Waals surface area contributed by atoms with E-state index in [1.807, 2.05) is 6.92 Å². The molecule has 2 saturated carbocycles. The summed E-state index contributed by atoms with van der Waals surface area (Å²) in [4.78, 5) is 0. The molecule has 0 bridgehead atoms. The van der Waals surface area contributed by atoms with E-state index in [0.717, 1.165) is 36.0 Å². The molecule has 1 aromatic carbocycles. The molecular formula is C26H47NOV. The third-order valence-electron chi connectivity index (χ3n) is 6.16. The summed E-state index contributed by atoms with van der Waals surface area (Å²) in [5, 5.41) is 0. The van der Waals surface area contributed by atoms with E-state index >= 15 is 0 Å². The van der Waals surface area contributed by atoms with Crippen LogP contribution in [0.5, 0.6) is 5.75 Å². The van der Waals surface area contributed by atoms with Crippen molar-refractivity contribution in [3.05, 3.63) is 43.0 Å². The summed E-state index contributed by atoms with van der Waals surface area (Å²) >= 11 is 0. The first-order chi connectivity index (χ1) is 13.2. The summed E-state index contributed by atoms with van der Waals surface area (Å²) in [7, 11) is 0. The number of benzene rings is 1. The van der Waals surface area contributed by atoms with Gasteiger partial charge in [0.2, 0.25) is 0 Å². The second kappa shape index (κ2) is 18.1. The van der Waals surface area contributed by atoms with Crippen LogP contribution >= 0.6 is 0 Å². The normalized spacial score (nSPS) is 25.5. The van der Waals surface area contributed by atoms with E-state index < -0.39 is 0 Å². The van der Waals surface area contributed by atoms with E-state index in [2.05, 4.69) is 58.2 Å². The Kier molecular flexibility index (Phi) is 19.0. The Morgan fingerprint density at radius 1 is 0.793 bits per heavy atom. The molecule has 3 heteroatoms. The fourth-order valence-electron chi connectivity index (χ4n) is 4.68. The molecule has 2 aliphatic rings. The van der Waals surface area contributed by atoms with Crippen LogP contribution in [0.15, 0.2) is 37.4 Å². The summed E-state index contributed by atoms with van der Waals surface area (Å²) in [5.41, 5.74) is 1.53. The average Bonchev–Trinajstić information content (AvgIpc) is 2.72. The van der Waals surface area contributed by atoms with Gasteiger partial charge in [0.05, 0.1) is 6.61 Å². The van der Waals surface area contributed by atoms with Crippen LogP contribution in [0, 0.1) is 17.8 Å². The maximum atomic E-state index is 5.55. The minimum Gasteiger partial charge on any atom is -0.494 e. The molecular weight excluding hydrogens is 393 g/mol. The molecule has 3 rings (SSSR count). The summed E-state index contributed by atoms with van der Waals surface area (Å²) < 4.78 is 5.55. The fraction of sp³-hybridized carbons (Fsp3) is 0.692. The van der Waals surface area contributed by atoms with Crippen molar-refractivity contribution in [2.24, 2.45) is 17.8 Å². The van der Waals surface area contributed by atoms with Gasteiger partial charge in [-0.15, -0.1) is 13.2 Å². The van der Waals surface area contributed by atoms with Gasteiger partial charge in [0.1, 0.15) is 5.75 Å². The molecule has 2 fully saturated rings. The zero-order valence-electron chi connectivity index (χ0n) is 19.7. The maximum absolute atomic E-state index is 5.55. The Hall–Kier alpha value is -0.696. The Bertz CT molecular complexity index is 474. The summed E-state index contributed by atoms with van der Waals surface area (Å²) in [6.07, 6.45) is 12.9. The maximum Gasteiger partial charge on any atom is 0.119 e. The van der Waals surface area contributed by atoms with Gasteiger partial charge in [-0.3, -0.25) is 0 Å². The van der Waals surface area contributed by atoms with E-state index in [4.69, 9.17) is 4.74 Å². The molecule has 0 saturated heterocycles. The molecule has 2 aliphatic carbocycles. The van der Waals surface area contributed by atoms with Gasteiger partial charge in [-0.2, -0.15) is 0 Å². The van der Waals surface area contributed by atoms with Crippen molar-refractivity contribution >= 4 is 0 Å². The molecule has 0 aliphatic heterocycles. The molecule has 2 nitrogen and oxygen atoms in total. The molecule has 0 heterocycles. The molecule has 0 spiro atoms. The second-order valence-corrected chi connectivity index (χ2v) is 8.34. The molecule has 0 atom stereocenters. The van der Waals surface area contributed by atoms with Crippen LogP contribution in [-0.2, 0) is 18.6 Å². The van der Waals surface area contributed by atoms with E-state index in [1.54, 1.807) is 0 Å². The first-order valence-electron chi connectivity index (χ1n) is 11.4. The minimum absolute atomic E-state index is 0. The van der Waals surface area contributed by atoms with Gasteiger partial charge in [-0.05, 0) is 86.8 Å². The fourth-order valence-corrected chi connectivity index (χ4v) is 4.68. The molecule has 1 radical (unpaired) electrons. The van der Waals surface area contributed by atoms with Gasteiger partial charge >= 0.3 is 0 Å². The first-order valence-corrected chi connectivity index (χ1v) is 11.4. The predicted molar refractivity (Wildman–Crippen MR) is 126 cm³/mol. The average molecular weight is 441 g/mol. The monoisotopic (exact) mass is 440 g/mol. The van der Waals surface area contributed by atoms with Gasteiger partial charge in [0.25, 0.3) is 0 Å². The minimum atomic E-state index is 0. The Morgan fingerprint density at radius 3 is 1.62 bits per heavy atom. The van der Waals surface area contributed by atoms with E-state index in [0.29, 0.717) is 0 Å². The number of ether oxygens (including phenoxy) is 1. The zero-order valence-corrected chi connectivity index (χ0v) is 21.1. The third-order valence-corrected chi connectivity index (χ3v) is 6.16. The quantitative estimate of drug-likeness (QED) is 0.477. The smallest absolute Gasteiger partial charge is 0.119 e. The van der Waals surface area contributed by atoms with Crippen molar-refractivity contribution < 1.29 is 23.3 Å². The summed E-state index contributed by atoms with van der Waals surface area (Å²) in [5.74, 6) is 4.84. The second-order valence-electron chi connectivity index (χ2n) is 8.34. The number of hydrogen-bond donors (Lipinski definition) is 1. The zero-order chi connectivity index (χ0) is 20.1. The van der Waals surface area contributed by atoms with Crippen LogP contribution in [0.25, 0.3) is 0 Å². The molecule has 3 N–H and O–H groups in total. The van der Waals surface area contributed by atoms with Crippen molar-refractivity contribution in [3.8, 4) is 5.75 Å². The third kappa shape index (κ3) is 10.8. The van der Waals surface area contributed by atoms with E-state index in [-0.39, 0.29) is 24.7 Å². The van der Waals surface area contributed by atoms with Gasteiger partial charge in [0.15, 0.2) is 0 Å². The van der Waals surface area contributed by atoms with Gasteiger partial charge in [-0.1, -0.05) is 52.2 Å². The Labute approximate surface area is 193 Å².